The Morgan fingerprint density at radius 3 is 3.08 bits per heavy atom. The summed E-state index contributed by atoms with van der Waals surface area (Å²) in [6, 6.07) is -0.0161. The number of anilines is 1. The normalized spacial score (nSPS) is 17.8. The van der Waals surface area contributed by atoms with Crippen molar-refractivity contribution in [3.05, 3.63) is 40.2 Å². The molecule has 0 radical (unpaired) electrons. The number of hydrogen-bond donors (Lipinski definition) is 2. The molecule has 0 spiro atoms. The molecule has 1 saturated heterocycles. The molecule has 1 unspecified atom stereocenters. The van der Waals surface area contributed by atoms with E-state index in [1.54, 1.807) is 17.1 Å². The van der Waals surface area contributed by atoms with Crippen molar-refractivity contribution in [3.8, 4) is 0 Å². The maximum absolute atomic E-state index is 12.5. The summed E-state index contributed by atoms with van der Waals surface area (Å²) >= 11 is 0. The van der Waals surface area contributed by atoms with Crippen molar-refractivity contribution in [2.75, 3.05) is 18.0 Å². The summed E-state index contributed by atoms with van der Waals surface area (Å²) in [7, 11) is 1.81. The van der Waals surface area contributed by atoms with Gasteiger partial charge >= 0.3 is 0 Å². The lowest BCUT2D eigenvalue weighted by Crippen LogP contribution is -2.49. The van der Waals surface area contributed by atoms with E-state index in [0.29, 0.717) is 24.3 Å². The van der Waals surface area contributed by atoms with E-state index in [2.05, 4.69) is 20.4 Å². The molecule has 8 heteroatoms. The molecule has 2 aromatic rings. The number of nitrogens with one attached hydrogen (secondary N) is 2. The molecule has 0 aliphatic carbocycles. The first-order valence-electron chi connectivity index (χ1n) is 8.20. The van der Waals surface area contributed by atoms with E-state index < -0.39 is 0 Å². The molecule has 1 atom stereocenters. The van der Waals surface area contributed by atoms with E-state index in [1.807, 2.05) is 18.9 Å². The number of carbonyl (C=O) groups excluding carboxylic acids is 1. The third-order valence-corrected chi connectivity index (χ3v) is 4.23. The number of rotatable bonds is 4. The number of aromatic nitrogens is 4. The minimum absolute atomic E-state index is 0.0161. The summed E-state index contributed by atoms with van der Waals surface area (Å²) < 4.78 is 1.66. The van der Waals surface area contributed by atoms with Crippen molar-refractivity contribution in [2.24, 2.45) is 7.05 Å². The van der Waals surface area contributed by atoms with Gasteiger partial charge in [0.1, 0.15) is 0 Å². The molecule has 0 bridgehead atoms. The van der Waals surface area contributed by atoms with E-state index in [1.165, 1.54) is 6.20 Å². The Hall–Kier alpha value is -2.64. The first kappa shape index (κ1) is 16.2. The van der Waals surface area contributed by atoms with E-state index in [9.17, 15) is 9.59 Å². The first-order chi connectivity index (χ1) is 11.6. The summed E-state index contributed by atoms with van der Waals surface area (Å²) in [6.07, 6.45) is 7.33. The van der Waals surface area contributed by atoms with Crippen molar-refractivity contribution >= 4 is 11.7 Å². The summed E-state index contributed by atoms with van der Waals surface area (Å²) in [4.78, 5) is 33.2. The van der Waals surface area contributed by atoms with Crippen LogP contribution in [0.2, 0.25) is 0 Å². The first-order valence-corrected chi connectivity index (χ1v) is 8.20. The number of H-pyrrole nitrogens is 1. The van der Waals surface area contributed by atoms with E-state index in [4.69, 9.17) is 0 Å². The van der Waals surface area contributed by atoms with Crippen molar-refractivity contribution < 1.29 is 4.79 Å². The van der Waals surface area contributed by atoms with Gasteiger partial charge in [0, 0.05) is 44.8 Å². The lowest BCUT2D eigenvalue weighted by molar-refractivity contribution is 0.0932. The SMILES string of the molecule is CCc1nn(C)cc1C(=O)NC1CCCN(c2ncc[nH]c2=O)C1. The maximum Gasteiger partial charge on any atom is 0.290 e. The van der Waals surface area contributed by atoms with Gasteiger partial charge < -0.3 is 15.2 Å². The molecule has 8 nitrogen and oxygen atoms in total. The number of piperidine rings is 1. The Morgan fingerprint density at radius 2 is 2.33 bits per heavy atom. The van der Waals surface area contributed by atoms with Gasteiger partial charge in [-0.2, -0.15) is 5.10 Å². The van der Waals surface area contributed by atoms with Gasteiger partial charge in [0.25, 0.3) is 11.5 Å². The molecule has 0 aromatic carbocycles. The average molecular weight is 330 g/mol. The van der Waals surface area contributed by atoms with E-state index in [0.717, 1.165) is 25.1 Å². The molecule has 128 valence electrons. The zero-order valence-electron chi connectivity index (χ0n) is 14.0. The second kappa shape index (κ2) is 6.86. The Labute approximate surface area is 139 Å². The minimum atomic E-state index is -0.204. The average Bonchev–Trinajstić information content (AvgIpc) is 2.97. The van der Waals surface area contributed by atoms with Crippen LogP contribution in [0, 0.1) is 0 Å². The molecule has 0 saturated carbocycles. The molecule has 24 heavy (non-hydrogen) atoms. The second-order valence-electron chi connectivity index (χ2n) is 6.02. The number of nitrogens with zero attached hydrogens (tertiary/aromatic N) is 4. The third kappa shape index (κ3) is 3.32. The van der Waals surface area contributed by atoms with Gasteiger partial charge in [-0.05, 0) is 19.3 Å². The summed E-state index contributed by atoms with van der Waals surface area (Å²) in [5.74, 6) is 0.300. The third-order valence-electron chi connectivity index (χ3n) is 4.23. The number of carbonyl (C=O) groups is 1. The van der Waals surface area contributed by atoms with Gasteiger partial charge in [-0.15, -0.1) is 0 Å². The molecule has 1 amide bonds. The summed E-state index contributed by atoms with van der Waals surface area (Å²) in [5, 5.41) is 7.38. The topological polar surface area (TPSA) is 95.9 Å². The number of aryl methyl sites for hydroxylation is 2. The van der Waals surface area contributed by atoms with Gasteiger partial charge in [-0.3, -0.25) is 14.3 Å². The van der Waals surface area contributed by atoms with Crippen molar-refractivity contribution in [2.45, 2.75) is 32.2 Å². The van der Waals surface area contributed by atoms with Crippen LogP contribution in [0.1, 0.15) is 35.8 Å². The van der Waals surface area contributed by atoms with Crippen LogP contribution in [0.25, 0.3) is 0 Å². The van der Waals surface area contributed by atoms with Gasteiger partial charge in [-0.25, -0.2) is 4.98 Å². The van der Waals surface area contributed by atoms with Crippen LogP contribution in [0.4, 0.5) is 5.82 Å². The Balaban J connectivity index is 1.70. The molecule has 1 aliphatic heterocycles. The van der Waals surface area contributed by atoms with E-state index >= 15 is 0 Å². The van der Waals surface area contributed by atoms with Gasteiger partial charge in [0.15, 0.2) is 5.82 Å². The van der Waals surface area contributed by atoms with Crippen LogP contribution in [0.3, 0.4) is 0 Å². The Kier molecular flexibility index (Phi) is 4.64. The number of amides is 1. The van der Waals surface area contributed by atoms with Crippen LogP contribution in [-0.2, 0) is 13.5 Å². The zero-order chi connectivity index (χ0) is 17.1. The highest BCUT2D eigenvalue weighted by Crippen LogP contribution is 2.15. The number of hydrogen-bond acceptors (Lipinski definition) is 5. The quantitative estimate of drug-likeness (QED) is 0.849. The van der Waals surface area contributed by atoms with Gasteiger partial charge in [-0.1, -0.05) is 6.92 Å². The molecule has 3 rings (SSSR count). The smallest absolute Gasteiger partial charge is 0.290 e. The van der Waals surface area contributed by atoms with Crippen molar-refractivity contribution in [1.82, 2.24) is 25.1 Å². The maximum atomic E-state index is 12.5. The Bertz CT molecular complexity index is 781. The largest absolute Gasteiger partial charge is 0.350 e. The van der Waals surface area contributed by atoms with Gasteiger partial charge in [0.05, 0.1) is 11.3 Å². The van der Waals surface area contributed by atoms with Crippen LogP contribution in [0.5, 0.6) is 0 Å². The van der Waals surface area contributed by atoms with Crippen LogP contribution in [-0.4, -0.2) is 44.8 Å². The second-order valence-corrected chi connectivity index (χ2v) is 6.02. The molecule has 1 aliphatic rings. The fourth-order valence-electron chi connectivity index (χ4n) is 3.11. The highest BCUT2D eigenvalue weighted by molar-refractivity contribution is 5.95. The Morgan fingerprint density at radius 1 is 1.50 bits per heavy atom. The molecule has 2 aromatic heterocycles. The lowest BCUT2D eigenvalue weighted by atomic mass is 10.0. The molecule has 1 fully saturated rings. The highest BCUT2D eigenvalue weighted by atomic mass is 16.2. The predicted molar refractivity (Wildman–Crippen MR) is 90.1 cm³/mol. The monoisotopic (exact) mass is 330 g/mol. The van der Waals surface area contributed by atoms with Crippen LogP contribution < -0.4 is 15.8 Å². The standard InChI is InChI=1S/C16H22N6O2/c1-3-13-12(10-21(2)20-13)15(23)19-11-5-4-8-22(9-11)14-16(24)18-7-6-17-14/h6-7,10-11H,3-5,8-9H2,1-2H3,(H,18,24)(H,19,23). The van der Waals surface area contributed by atoms with E-state index in [-0.39, 0.29) is 17.5 Å². The fourth-order valence-corrected chi connectivity index (χ4v) is 3.11. The van der Waals surface area contributed by atoms with Crippen LogP contribution in [0.15, 0.2) is 23.4 Å². The number of aromatic amines is 1. The van der Waals surface area contributed by atoms with Crippen molar-refractivity contribution in [3.63, 3.8) is 0 Å². The molecule has 3 heterocycles. The highest BCUT2D eigenvalue weighted by Gasteiger charge is 2.25. The van der Waals surface area contributed by atoms with Crippen molar-refractivity contribution in [1.29, 1.82) is 0 Å². The predicted octanol–water partition coefficient (Wildman–Crippen LogP) is 0.465. The lowest BCUT2D eigenvalue weighted by Gasteiger charge is -2.33. The summed E-state index contributed by atoms with van der Waals surface area (Å²) in [5.41, 5.74) is 1.21. The molecular formula is C16H22N6O2. The summed E-state index contributed by atoms with van der Waals surface area (Å²) in [6.45, 7) is 3.32. The fraction of sp³-hybridized carbons (Fsp3) is 0.500. The molecular weight excluding hydrogens is 308 g/mol. The minimum Gasteiger partial charge on any atom is -0.350 e. The molecule has 2 N–H and O–H groups in total. The zero-order valence-corrected chi connectivity index (χ0v) is 14.0. The van der Waals surface area contributed by atoms with Gasteiger partial charge in [0.2, 0.25) is 0 Å². The van der Waals surface area contributed by atoms with Crippen LogP contribution >= 0.6 is 0 Å².